The van der Waals surface area contributed by atoms with Crippen LogP contribution in [0.4, 0.5) is 0 Å². The highest BCUT2D eigenvalue weighted by atomic mass is 16.4. The van der Waals surface area contributed by atoms with E-state index in [9.17, 15) is 0 Å². The van der Waals surface area contributed by atoms with Crippen molar-refractivity contribution in [2.45, 2.75) is 20.8 Å². The maximum Gasteiger partial charge on any atom is 0.300 e. The number of aliphatic carboxylic acids is 1. The Bertz CT molecular complexity index is 164. The first-order valence-corrected chi connectivity index (χ1v) is 4.46. The van der Waals surface area contributed by atoms with Crippen molar-refractivity contribution in [1.82, 2.24) is 9.80 Å². The number of carboxylic acid groups (broad SMARTS) is 1. The van der Waals surface area contributed by atoms with Gasteiger partial charge in [0.1, 0.15) is 0 Å². The quantitative estimate of drug-likeness (QED) is 0.703. The molecule has 4 nitrogen and oxygen atoms in total. The van der Waals surface area contributed by atoms with Crippen molar-refractivity contribution >= 4 is 5.97 Å². The average Bonchev–Trinajstić information content (AvgIpc) is 2.50. The molecule has 13 heavy (non-hydrogen) atoms. The smallest absolute Gasteiger partial charge is 0.300 e. The van der Waals surface area contributed by atoms with Crippen molar-refractivity contribution < 1.29 is 9.90 Å². The molecule has 0 aromatic rings. The molecule has 0 amide bonds. The highest BCUT2D eigenvalue weighted by Gasteiger charge is 2.06. The second-order valence-corrected chi connectivity index (χ2v) is 2.77. The Balaban J connectivity index is 0.000000310. The molecule has 0 aliphatic carbocycles. The zero-order valence-electron chi connectivity index (χ0n) is 8.53. The normalized spacial score (nSPS) is 14.1. The second-order valence-electron chi connectivity index (χ2n) is 2.77. The van der Waals surface area contributed by atoms with E-state index >= 15 is 0 Å². The van der Waals surface area contributed by atoms with E-state index in [1.54, 1.807) is 0 Å². The molecule has 0 atom stereocenters. The van der Waals surface area contributed by atoms with Gasteiger partial charge >= 0.3 is 0 Å². The Kier molecular flexibility index (Phi) is 5.76. The first-order chi connectivity index (χ1) is 6.10. The minimum Gasteiger partial charge on any atom is -0.481 e. The van der Waals surface area contributed by atoms with Crippen LogP contribution in [0.15, 0.2) is 12.4 Å². The van der Waals surface area contributed by atoms with Crippen molar-refractivity contribution in [1.29, 1.82) is 0 Å². The number of rotatable bonds is 2. The lowest BCUT2D eigenvalue weighted by atomic mass is 10.6. The molecular formula is C9H18N2O2. The highest BCUT2D eigenvalue weighted by molar-refractivity contribution is 5.62. The summed E-state index contributed by atoms with van der Waals surface area (Å²) in [6, 6.07) is 0. The Morgan fingerprint density at radius 3 is 1.77 bits per heavy atom. The van der Waals surface area contributed by atoms with Gasteiger partial charge in [0.25, 0.3) is 5.97 Å². The van der Waals surface area contributed by atoms with Crippen LogP contribution in [0.5, 0.6) is 0 Å². The van der Waals surface area contributed by atoms with E-state index in [1.165, 1.54) is 0 Å². The van der Waals surface area contributed by atoms with Crippen LogP contribution in [0.2, 0.25) is 0 Å². The molecule has 0 bridgehead atoms. The zero-order valence-corrected chi connectivity index (χ0v) is 8.53. The van der Waals surface area contributed by atoms with E-state index in [0.717, 1.165) is 26.7 Å². The topological polar surface area (TPSA) is 43.8 Å². The molecule has 0 aromatic heterocycles. The van der Waals surface area contributed by atoms with Gasteiger partial charge in [0.2, 0.25) is 0 Å². The highest BCUT2D eigenvalue weighted by Crippen LogP contribution is 2.03. The summed E-state index contributed by atoms with van der Waals surface area (Å²) in [6.45, 7) is 8.74. The third-order valence-electron chi connectivity index (χ3n) is 1.66. The van der Waals surface area contributed by atoms with Crippen molar-refractivity contribution in [3.63, 3.8) is 0 Å². The number of carboxylic acids is 1. The van der Waals surface area contributed by atoms with E-state index in [0.29, 0.717) is 0 Å². The number of hydrogen-bond donors (Lipinski definition) is 1. The molecule has 1 aliphatic rings. The molecule has 0 saturated heterocycles. The van der Waals surface area contributed by atoms with Crippen LogP contribution in [0.25, 0.3) is 0 Å². The van der Waals surface area contributed by atoms with E-state index in [2.05, 4.69) is 36.0 Å². The van der Waals surface area contributed by atoms with E-state index in [1.807, 2.05) is 0 Å². The molecule has 0 saturated carbocycles. The standard InChI is InChI=1S/C7H14N2.C2H4O2/c1-3-8-5-6-9(4-2)7-8;1-2(3)4/h5-6H,3-4,7H2,1-2H3;1H3,(H,3,4). The van der Waals surface area contributed by atoms with Gasteiger partial charge < -0.3 is 14.9 Å². The molecule has 76 valence electrons. The van der Waals surface area contributed by atoms with Gasteiger partial charge in [-0.3, -0.25) is 4.79 Å². The Labute approximate surface area is 79.4 Å². The summed E-state index contributed by atoms with van der Waals surface area (Å²) in [5.41, 5.74) is 0. The summed E-state index contributed by atoms with van der Waals surface area (Å²) in [7, 11) is 0. The summed E-state index contributed by atoms with van der Waals surface area (Å²) in [5, 5.41) is 7.42. The molecule has 0 radical (unpaired) electrons. The molecule has 4 heteroatoms. The van der Waals surface area contributed by atoms with E-state index in [-0.39, 0.29) is 0 Å². The van der Waals surface area contributed by atoms with Gasteiger partial charge in [0.05, 0.1) is 6.67 Å². The SMILES string of the molecule is CC(=O)O.CCN1C=CN(CC)C1. The van der Waals surface area contributed by atoms with Gasteiger partial charge in [-0.25, -0.2) is 0 Å². The summed E-state index contributed by atoms with van der Waals surface area (Å²) >= 11 is 0. The van der Waals surface area contributed by atoms with Crippen LogP contribution in [-0.4, -0.2) is 40.6 Å². The van der Waals surface area contributed by atoms with Crippen LogP contribution < -0.4 is 0 Å². The van der Waals surface area contributed by atoms with Crippen molar-refractivity contribution in [2.75, 3.05) is 19.8 Å². The number of nitrogens with zero attached hydrogens (tertiary/aromatic N) is 2. The first kappa shape index (κ1) is 11.8. The second kappa shape index (κ2) is 6.34. The van der Waals surface area contributed by atoms with Gasteiger partial charge in [0, 0.05) is 32.4 Å². The third-order valence-corrected chi connectivity index (χ3v) is 1.66. The molecule has 1 aliphatic heterocycles. The van der Waals surface area contributed by atoms with Crippen molar-refractivity contribution in [3.8, 4) is 0 Å². The van der Waals surface area contributed by atoms with Gasteiger partial charge in [-0.2, -0.15) is 0 Å². The molecule has 1 N–H and O–H groups in total. The molecule has 0 fully saturated rings. The van der Waals surface area contributed by atoms with Gasteiger partial charge in [-0.15, -0.1) is 0 Å². The fourth-order valence-corrected chi connectivity index (χ4v) is 0.927. The maximum absolute atomic E-state index is 9.00. The largest absolute Gasteiger partial charge is 0.481 e. The Hall–Kier alpha value is -1.19. The summed E-state index contributed by atoms with van der Waals surface area (Å²) in [5.74, 6) is -0.833. The molecule has 0 aromatic carbocycles. The predicted octanol–water partition coefficient (Wildman–Crippen LogP) is 1.16. The zero-order chi connectivity index (χ0) is 10.3. The number of carbonyl (C=O) groups is 1. The molecule has 1 heterocycles. The van der Waals surface area contributed by atoms with E-state index in [4.69, 9.17) is 9.90 Å². The minimum absolute atomic E-state index is 0.833. The van der Waals surface area contributed by atoms with Crippen LogP contribution >= 0.6 is 0 Å². The molecule has 0 spiro atoms. The molecular weight excluding hydrogens is 168 g/mol. The van der Waals surface area contributed by atoms with Crippen LogP contribution in [0.3, 0.4) is 0 Å². The lowest BCUT2D eigenvalue weighted by Gasteiger charge is -2.17. The summed E-state index contributed by atoms with van der Waals surface area (Å²) in [4.78, 5) is 13.6. The summed E-state index contributed by atoms with van der Waals surface area (Å²) in [6.07, 6.45) is 4.28. The van der Waals surface area contributed by atoms with Gasteiger partial charge in [-0.05, 0) is 13.8 Å². The molecule has 0 unspecified atom stereocenters. The van der Waals surface area contributed by atoms with Gasteiger partial charge in [0.15, 0.2) is 0 Å². The minimum atomic E-state index is -0.833. The predicted molar refractivity (Wildman–Crippen MR) is 52.1 cm³/mol. The average molecular weight is 186 g/mol. The van der Waals surface area contributed by atoms with Crippen LogP contribution in [0.1, 0.15) is 20.8 Å². The van der Waals surface area contributed by atoms with Crippen LogP contribution in [0, 0.1) is 0 Å². The Morgan fingerprint density at radius 2 is 1.62 bits per heavy atom. The van der Waals surface area contributed by atoms with Crippen LogP contribution in [-0.2, 0) is 4.79 Å². The van der Waals surface area contributed by atoms with Gasteiger partial charge in [-0.1, -0.05) is 0 Å². The number of hydrogen-bond acceptors (Lipinski definition) is 3. The summed E-state index contributed by atoms with van der Waals surface area (Å²) < 4.78 is 0. The molecule has 1 rings (SSSR count). The Morgan fingerprint density at radius 1 is 1.31 bits per heavy atom. The lowest BCUT2D eigenvalue weighted by Crippen LogP contribution is -2.24. The first-order valence-electron chi connectivity index (χ1n) is 4.46. The monoisotopic (exact) mass is 186 g/mol. The fraction of sp³-hybridized carbons (Fsp3) is 0.667. The fourth-order valence-electron chi connectivity index (χ4n) is 0.927. The van der Waals surface area contributed by atoms with Crippen molar-refractivity contribution in [2.24, 2.45) is 0 Å². The third kappa shape index (κ3) is 6.02. The lowest BCUT2D eigenvalue weighted by molar-refractivity contribution is -0.134. The van der Waals surface area contributed by atoms with E-state index < -0.39 is 5.97 Å². The van der Waals surface area contributed by atoms with Crippen molar-refractivity contribution in [3.05, 3.63) is 12.4 Å². The maximum atomic E-state index is 9.00.